The van der Waals surface area contributed by atoms with E-state index >= 15 is 0 Å². The Bertz CT molecular complexity index is 1200. The summed E-state index contributed by atoms with van der Waals surface area (Å²) in [5.74, 6) is 5.76. The van der Waals surface area contributed by atoms with Crippen LogP contribution in [-0.2, 0) is 16.6 Å². The smallest absolute Gasteiger partial charge is 0.267 e. The predicted molar refractivity (Wildman–Crippen MR) is 111 cm³/mol. The summed E-state index contributed by atoms with van der Waals surface area (Å²) in [4.78, 5) is 33.0. The molecule has 0 spiro atoms. The number of rotatable bonds is 6. The van der Waals surface area contributed by atoms with Gasteiger partial charge in [-0.1, -0.05) is 24.0 Å². The van der Waals surface area contributed by atoms with Gasteiger partial charge in [-0.15, -0.1) is 0 Å². The number of hydrogen-bond donors (Lipinski definition) is 1. The third-order valence-electron chi connectivity index (χ3n) is 5.08. The molecule has 2 N–H and O–H groups in total. The zero-order chi connectivity index (χ0) is 21.3. The molecule has 0 aliphatic carbocycles. The van der Waals surface area contributed by atoms with E-state index in [2.05, 4.69) is 21.8 Å². The SMILES string of the molecule is CN(C=O)CC[C@@]1(C#Cc2cccc(-c3nc(C(N)=O)cc4c3ncn4C)c2)CO1. The van der Waals surface area contributed by atoms with Crippen LogP contribution in [0.4, 0.5) is 0 Å². The molecule has 1 fully saturated rings. The topological polar surface area (TPSA) is 107 Å². The normalized spacial score (nSPS) is 17.3. The molecule has 1 aromatic carbocycles. The predicted octanol–water partition coefficient (Wildman–Crippen LogP) is 1.33. The van der Waals surface area contributed by atoms with Crippen LogP contribution < -0.4 is 5.73 Å². The maximum atomic E-state index is 11.7. The van der Waals surface area contributed by atoms with Crippen LogP contribution in [0, 0.1) is 11.8 Å². The molecular weight excluding hydrogens is 382 g/mol. The van der Waals surface area contributed by atoms with Crippen LogP contribution in [0.15, 0.2) is 36.7 Å². The zero-order valence-corrected chi connectivity index (χ0v) is 16.8. The lowest BCUT2D eigenvalue weighted by molar-refractivity contribution is -0.117. The Labute approximate surface area is 173 Å². The fourth-order valence-electron chi connectivity index (χ4n) is 3.16. The number of benzene rings is 1. The van der Waals surface area contributed by atoms with Crippen molar-refractivity contribution in [3.8, 4) is 23.1 Å². The van der Waals surface area contributed by atoms with Gasteiger partial charge in [0, 0.05) is 38.2 Å². The van der Waals surface area contributed by atoms with Crippen LogP contribution in [0.25, 0.3) is 22.3 Å². The minimum absolute atomic E-state index is 0.183. The molecule has 1 saturated heterocycles. The molecule has 0 bridgehead atoms. The van der Waals surface area contributed by atoms with Crippen LogP contribution >= 0.6 is 0 Å². The summed E-state index contributed by atoms with van der Waals surface area (Å²) in [6.07, 6.45) is 3.12. The van der Waals surface area contributed by atoms with Gasteiger partial charge in [-0.2, -0.15) is 0 Å². The highest BCUT2D eigenvalue weighted by Gasteiger charge is 2.42. The van der Waals surface area contributed by atoms with E-state index in [1.165, 1.54) is 0 Å². The average Bonchev–Trinajstić information content (AvgIpc) is 3.44. The van der Waals surface area contributed by atoms with Crippen molar-refractivity contribution < 1.29 is 14.3 Å². The number of primary amides is 1. The number of nitrogens with two attached hydrogens (primary N) is 1. The molecule has 1 atom stereocenters. The van der Waals surface area contributed by atoms with Crippen molar-refractivity contribution >= 4 is 23.4 Å². The number of hydrogen-bond acceptors (Lipinski definition) is 5. The molecule has 8 heteroatoms. The third kappa shape index (κ3) is 3.88. The van der Waals surface area contributed by atoms with E-state index in [9.17, 15) is 9.59 Å². The van der Waals surface area contributed by atoms with Gasteiger partial charge in [0.1, 0.15) is 11.2 Å². The molecular formula is C22H21N5O3. The second kappa shape index (κ2) is 7.61. The Morgan fingerprint density at radius 1 is 1.43 bits per heavy atom. The summed E-state index contributed by atoms with van der Waals surface area (Å²) in [6.45, 7) is 1.14. The average molecular weight is 403 g/mol. The Hall–Kier alpha value is -3.70. The number of pyridine rings is 1. The molecule has 2 amide bonds. The van der Waals surface area contributed by atoms with Crippen LogP contribution in [0.2, 0.25) is 0 Å². The van der Waals surface area contributed by atoms with Crippen molar-refractivity contribution in [3.63, 3.8) is 0 Å². The Kier molecular flexibility index (Phi) is 4.98. The van der Waals surface area contributed by atoms with Gasteiger partial charge in [0.2, 0.25) is 6.41 Å². The minimum Gasteiger partial charge on any atom is -0.364 e. The molecule has 1 aliphatic heterocycles. The number of nitrogens with zero attached hydrogens (tertiary/aromatic N) is 4. The van der Waals surface area contributed by atoms with Gasteiger partial charge in [0.25, 0.3) is 5.91 Å². The van der Waals surface area contributed by atoms with Crippen molar-refractivity contribution in [2.45, 2.75) is 12.0 Å². The second-order valence-corrected chi connectivity index (χ2v) is 7.39. The van der Waals surface area contributed by atoms with Crippen LogP contribution in [0.5, 0.6) is 0 Å². The van der Waals surface area contributed by atoms with E-state index in [1.54, 1.807) is 24.3 Å². The van der Waals surface area contributed by atoms with Gasteiger partial charge >= 0.3 is 0 Å². The molecule has 152 valence electrons. The van der Waals surface area contributed by atoms with E-state index in [0.29, 0.717) is 30.8 Å². The van der Waals surface area contributed by atoms with Crippen molar-refractivity contribution in [2.75, 3.05) is 20.2 Å². The largest absolute Gasteiger partial charge is 0.364 e. The number of imidazole rings is 1. The van der Waals surface area contributed by atoms with Crippen molar-refractivity contribution in [3.05, 3.63) is 47.9 Å². The van der Waals surface area contributed by atoms with Crippen molar-refractivity contribution in [1.82, 2.24) is 19.4 Å². The van der Waals surface area contributed by atoms with Gasteiger partial charge in [-0.25, -0.2) is 9.97 Å². The molecule has 0 saturated carbocycles. The molecule has 3 heterocycles. The number of carbonyl (C=O) groups is 2. The second-order valence-electron chi connectivity index (χ2n) is 7.39. The number of aryl methyl sites for hydroxylation is 1. The summed E-state index contributed by atoms with van der Waals surface area (Å²) in [6, 6.07) is 9.23. The monoisotopic (exact) mass is 403 g/mol. The first-order chi connectivity index (χ1) is 14.4. The van der Waals surface area contributed by atoms with Gasteiger partial charge in [0.15, 0.2) is 5.60 Å². The summed E-state index contributed by atoms with van der Waals surface area (Å²) in [5.41, 5.74) is 8.78. The highest BCUT2D eigenvalue weighted by Crippen LogP contribution is 2.31. The third-order valence-corrected chi connectivity index (χ3v) is 5.08. The Morgan fingerprint density at radius 2 is 2.23 bits per heavy atom. The molecule has 0 unspecified atom stereocenters. The van der Waals surface area contributed by atoms with Crippen LogP contribution in [0.1, 0.15) is 22.5 Å². The number of amides is 2. The fraction of sp³-hybridized carbons (Fsp3) is 0.273. The van der Waals surface area contributed by atoms with E-state index < -0.39 is 11.5 Å². The molecule has 3 aromatic rings. The molecule has 1 aliphatic rings. The summed E-state index contributed by atoms with van der Waals surface area (Å²) in [7, 11) is 3.58. The fourth-order valence-corrected chi connectivity index (χ4v) is 3.16. The van der Waals surface area contributed by atoms with Crippen LogP contribution in [-0.4, -0.2) is 57.6 Å². The molecule has 8 nitrogen and oxygen atoms in total. The van der Waals surface area contributed by atoms with E-state index in [0.717, 1.165) is 23.1 Å². The molecule has 30 heavy (non-hydrogen) atoms. The quantitative estimate of drug-likeness (QED) is 0.380. The first-order valence-corrected chi connectivity index (χ1v) is 9.46. The number of aromatic nitrogens is 3. The van der Waals surface area contributed by atoms with Crippen LogP contribution in [0.3, 0.4) is 0 Å². The first kappa shape index (κ1) is 19.6. The van der Waals surface area contributed by atoms with Gasteiger partial charge in [-0.05, 0) is 18.2 Å². The number of carbonyl (C=O) groups excluding carboxylic acids is 2. The highest BCUT2D eigenvalue weighted by atomic mass is 16.6. The standard InChI is InChI=1S/C22H21N5O3/c1-26(14-28)9-8-22(12-30-22)7-6-15-4-3-5-16(10-15)19-20-18(27(2)13-24-20)11-17(25-19)21(23)29/h3-5,10-11,13-14H,8-9,12H2,1-2H3,(H2,23,29)/t22-/m0/s1. The summed E-state index contributed by atoms with van der Waals surface area (Å²) < 4.78 is 7.36. The minimum atomic E-state index is -0.594. The maximum absolute atomic E-state index is 11.7. The van der Waals surface area contributed by atoms with E-state index in [4.69, 9.17) is 10.5 Å². The van der Waals surface area contributed by atoms with Gasteiger partial charge in [-0.3, -0.25) is 9.59 Å². The molecule has 2 aromatic heterocycles. The number of fused-ring (bicyclic) bond motifs is 1. The van der Waals surface area contributed by atoms with E-state index in [-0.39, 0.29) is 5.69 Å². The lowest BCUT2D eigenvalue weighted by atomic mass is 10.0. The lowest BCUT2D eigenvalue weighted by Gasteiger charge is -2.11. The Balaban J connectivity index is 1.67. The van der Waals surface area contributed by atoms with Crippen molar-refractivity contribution in [2.24, 2.45) is 12.8 Å². The maximum Gasteiger partial charge on any atom is 0.267 e. The number of ether oxygens (including phenoxy) is 1. The zero-order valence-electron chi connectivity index (χ0n) is 16.8. The first-order valence-electron chi connectivity index (χ1n) is 9.46. The summed E-state index contributed by atoms with van der Waals surface area (Å²) >= 11 is 0. The van der Waals surface area contributed by atoms with E-state index in [1.807, 2.05) is 35.9 Å². The van der Waals surface area contributed by atoms with Gasteiger partial charge < -0.3 is 19.9 Å². The molecule has 4 rings (SSSR count). The van der Waals surface area contributed by atoms with Gasteiger partial charge in [0.05, 0.1) is 24.1 Å². The summed E-state index contributed by atoms with van der Waals surface area (Å²) in [5, 5.41) is 0. The Morgan fingerprint density at radius 3 is 2.93 bits per heavy atom. The molecule has 0 radical (unpaired) electrons. The number of epoxide rings is 1. The van der Waals surface area contributed by atoms with Crippen molar-refractivity contribution in [1.29, 1.82) is 0 Å². The lowest BCUT2D eigenvalue weighted by Crippen LogP contribution is -2.22. The highest BCUT2D eigenvalue weighted by molar-refractivity contribution is 5.98.